The highest BCUT2D eigenvalue weighted by atomic mass is 19.3. The molecule has 0 unspecified atom stereocenters. The molecule has 1 saturated heterocycles. The third kappa shape index (κ3) is 4.44. The number of carbonyl (C=O) groups is 1. The maximum Gasteiger partial charge on any atom is 0.282 e. The van der Waals surface area contributed by atoms with E-state index < -0.39 is 18.1 Å². The molecule has 2 fully saturated rings. The van der Waals surface area contributed by atoms with E-state index in [9.17, 15) is 22.4 Å². The van der Waals surface area contributed by atoms with Gasteiger partial charge in [-0.3, -0.25) is 14.4 Å². The first kappa shape index (κ1) is 19.9. The van der Waals surface area contributed by atoms with Crippen molar-refractivity contribution in [3.63, 3.8) is 0 Å². The summed E-state index contributed by atoms with van der Waals surface area (Å²) < 4.78 is 54.6. The van der Waals surface area contributed by atoms with Gasteiger partial charge in [-0.15, -0.1) is 0 Å². The zero-order valence-electron chi connectivity index (χ0n) is 15.8. The summed E-state index contributed by atoms with van der Waals surface area (Å²) in [6, 6.07) is 5.51. The average Bonchev–Trinajstić information content (AvgIpc) is 3.46. The predicted octanol–water partition coefficient (Wildman–Crippen LogP) is 3.32. The number of benzene rings is 1. The molecule has 2 heterocycles. The van der Waals surface area contributed by atoms with Crippen LogP contribution in [0.5, 0.6) is 0 Å². The highest BCUT2D eigenvalue weighted by Gasteiger charge is 2.31. The van der Waals surface area contributed by atoms with Gasteiger partial charge in [0.05, 0.1) is 0 Å². The lowest BCUT2D eigenvalue weighted by Crippen LogP contribution is -2.49. The molecule has 0 spiro atoms. The predicted molar refractivity (Wildman–Crippen MR) is 97.4 cm³/mol. The maximum absolute atomic E-state index is 13.8. The van der Waals surface area contributed by atoms with Crippen LogP contribution >= 0.6 is 0 Å². The van der Waals surface area contributed by atoms with E-state index in [0.717, 1.165) is 18.9 Å². The molecular formula is C20H22F4N4O. The molecule has 0 radical (unpaired) electrons. The van der Waals surface area contributed by atoms with Gasteiger partial charge in [0, 0.05) is 49.9 Å². The van der Waals surface area contributed by atoms with E-state index in [0.29, 0.717) is 31.9 Å². The Kier molecular flexibility index (Phi) is 5.58. The number of carbonyl (C=O) groups excluding carboxylic acids is 1. The first-order valence-electron chi connectivity index (χ1n) is 9.71. The Morgan fingerprint density at radius 3 is 2.52 bits per heavy atom. The Hall–Kier alpha value is -2.42. The Labute approximate surface area is 165 Å². The third-order valence-electron chi connectivity index (χ3n) is 5.48. The fourth-order valence-electron chi connectivity index (χ4n) is 3.69. The summed E-state index contributed by atoms with van der Waals surface area (Å²) in [5.74, 6) is -1.68. The maximum atomic E-state index is 13.8. The molecule has 29 heavy (non-hydrogen) atoms. The third-order valence-corrected chi connectivity index (χ3v) is 5.48. The molecule has 1 aliphatic heterocycles. The summed E-state index contributed by atoms with van der Waals surface area (Å²) in [7, 11) is 0. The van der Waals surface area contributed by atoms with Crippen LogP contribution < -0.4 is 0 Å². The van der Waals surface area contributed by atoms with E-state index in [2.05, 4.69) is 5.10 Å². The van der Waals surface area contributed by atoms with E-state index in [1.807, 2.05) is 4.90 Å². The number of amides is 1. The van der Waals surface area contributed by atoms with Crippen molar-refractivity contribution in [1.82, 2.24) is 19.6 Å². The van der Waals surface area contributed by atoms with Crippen LogP contribution in [-0.2, 0) is 17.9 Å². The van der Waals surface area contributed by atoms with Crippen LogP contribution in [-0.4, -0.2) is 51.7 Å². The minimum absolute atomic E-state index is 0.0585. The lowest BCUT2D eigenvalue weighted by Gasteiger charge is -2.35. The number of aromatic nitrogens is 2. The number of rotatable bonds is 6. The average molecular weight is 410 g/mol. The van der Waals surface area contributed by atoms with Crippen molar-refractivity contribution in [3.8, 4) is 0 Å². The molecule has 4 rings (SSSR count). The minimum Gasteiger partial charge on any atom is -0.339 e. The van der Waals surface area contributed by atoms with Gasteiger partial charge in [0.25, 0.3) is 6.43 Å². The molecule has 0 bridgehead atoms. The fourth-order valence-corrected chi connectivity index (χ4v) is 3.69. The zero-order chi connectivity index (χ0) is 20.5. The van der Waals surface area contributed by atoms with Crippen molar-refractivity contribution in [2.75, 3.05) is 26.2 Å². The molecule has 156 valence electrons. The van der Waals surface area contributed by atoms with Gasteiger partial charge in [0.1, 0.15) is 12.2 Å². The minimum atomic E-state index is -2.66. The quantitative estimate of drug-likeness (QED) is 0.686. The van der Waals surface area contributed by atoms with Crippen LogP contribution in [0.15, 0.2) is 24.3 Å². The molecule has 0 N–H and O–H groups in total. The summed E-state index contributed by atoms with van der Waals surface area (Å²) in [6.07, 6.45) is -0.800. The number of piperazine rings is 1. The molecule has 9 heteroatoms. The molecule has 1 aromatic heterocycles. The molecule has 2 aliphatic rings. The lowest BCUT2D eigenvalue weighted by molar-refractivity contribution is -0.133. The number of hydrogen-bond donors (Lipinski definition) is 0. The van der Waals surface area contributed by atoms with Crippen molar-refractivity contribution in [2.45, 2.75) is 38.3 Å². The van der Waals surface area contributed by atoms with Crippen molar-refractivity contribution in [3.05, 3.63) is 52.9 Å². The molecule has 1 aromatic carbocycles. The molecule has 5 nitrogen and oxygen atoms in total. The summed E-state index contributed by atoms with van der Waals surface area (Å²) in [5, 5.41) is 3.93. The fraction of sp³-hybridized carbons (Fsp3) is 0.500. The first-order valence-corrected chi connectivity index (χ1v) is 9.71. The SMILES string of the molecule is O=C(Cn1nc(C(F)F)cc1C1CC1)N1CCN(Cc2cccc(F)c2F)CC1. The number of hydrogen-bond acceptors (Lipinski definition) is 3. The van der Waals surface area contributed by atoms with Crippen molar-refractivity contribution >= 4 is 5.91 Å². The van der Waals surface area contributed by atoms with E-state index in [4.69, 9.17) is 0 Å². The van der Waals surface area contributed by atoms with Crippen molar-refractivity contribution in [1.29, 1.82) is 0 Å². The Morgan fingerprint density at radius 1 is 1.14 bits per heavy atom. The first-order chi connectivity index (χ1) is 13.9. The monoisotopic (exact) mass is 410 g/mol. The second-order valence-corrected chi connectivity index (χ2v) is 7.60. The van der Waals surface area contributed by atoms with Crippen LogP contribution in [0.1, 0.15) is 42.1 Å². The molecule has 1 amide bonds. The summed E-state index contributed by atoms with van der Waals surface area (Å²) in [6.45, 7) is 2.15. The van der Waals surface area contributed by atoms with E-state index in [1.165, 1.54) is 16.8 Å². The van der Waals surface area contributed by atoms with Crippen LogP contribution in [0.25, 0.3) is 0 Å². The van der Waals surface area contributed by atoms with Gasteiger partial charge < -0.3 is 4.90 Å². The normalized spacial score (nSPS) is 17.9. The molecule has 2 aromatic rings. The summed E-state index contributed by atoms with van der Waals surface area (Å²) >= 11 is 0. The van der Waals surface area contributed by atoms with Crippen LogP contribution in [0.2, 0.25) is 0 Å². The smallest absolute Gasteiger partial charge is 0.282 e. The standard InChI is InChI=1S/C20H22F4N4O/c21-15-3-1-2-14(19(15)22)11-26-6-8-27(9-7-26)18(29)12-28-17(13-4-5-13)10-16(25-28)20(23)24/h1-3,10,13,20H,4-9,11-12H2. The topological polar surface area (TPSA) is 41.4 Å². The van der Waals surface area contributed by atoms with Gasteiger partial charge >= 0.3 is 0 Å². The molecule has 0 atom stereocenters. The molecular weight excluding hydrogens is 388 g/mol. The van der Waals surface area contributed by atoms with Crippen LogP contribution in [0, 0.1) is 11.6 Å². The largest absolute Gasteiger partial charge is 0.339 e. The van der Waals surface area contributed by atoms with Gasteiger partial charge in [-0.1, -0.05) is 12.1 Å². The number of nitrogens with zero attached hydrogens (tertiary/aromatic N) is 4. The molecule has 1 aliphatic carbocycles. The lowest BCUT2D eigenvalue weighted by atomic mass is 10.1. The van der Waals surface area contributed by atoms with Gasteiger partial charge in [-0.05, 0) is 25.0 Å². The van der Waals surface area contributed by atoms with Gasteiger partial charge in [0.2, 0.25) is 5.91 Å². The van der Waals surface area contributed by atoms with Crippen LogP contribution in [0.4, 0.5) is 17.6 Å². The highest BCUT2D eigenvalue weighted by Crippen LogP contribution is 2.41. The Balaban J connectivity index is 1.34. The van der Waals surface area contributed by atoms with Gasteiger partial charge in [0.15, 0.2) is 11.6 Å². The summed E-state index contributed by atoms with van der Waals surface area (Å²) in [4.78, 5) is 16.3. The van der Waals surface area contributed by atoms with Crippen molar-refractivity contribution < 1.29 is 22.4 Å². The second kappa shape index (κ2) is 8.14. The zero-order valence-corrected chi connectivity index (χ0v) is 15.8. The van der Waals surface area contributed by atoms with Gasteiger partial charge in [-0.25, -0.2) is 17.6 Å². The number of halogens is 4. The van der Waals surface area contributed by atoms with Crippen LogP contribution in [0.3, 0.4) is 0 Å². The Morgan fingerprint density at radius 2 is 1.86 bits per heavy atom. The van der Waals surface area contributed by atoms with E-state index in [1.54, 1.807) is 11.0 Å². The Bertz CT molecular complexity index is 889. The van der Waals surface area contributed by atoms with Gasteiger partial charge in [-0.2, -0.15) is 5.10 Å². The molecule has 1 saturated carbocycles. The van der Waals surface area contributed by atoms with Crippen molar-refractivity contribution in [2.24, 2.45) is 0 Å². The summed E-state index contributed by atoms with van der Waals surface area (Å²) in [5.41, 5.74) is 0.699. The van der Waals surface area contributed by atoms with E-state index >= 15 is 0 Å². The second-order valence-electron chi connectivity index (χ2n) is 7.60. The number of alkyl halides is 2. The van der Waals surface area contributed by atoms with E-state index in [-0.39, 0.29) is 36.2 Å². The highest BCUT2D eigenvalue weighted by molar-refractivity contribution is 5.76.